The van der Waals surface area contributed by atoms with Gasteiger partial charge < -0.3 is 9.84 Å². The van der Waals surface area contributed by atoms with Crippen molar-refractivity contribution in [3.05, 3.63) is 54.1 Å². The molecule has 0 amide bonds. The van der Waals surface area contributed by atoms with Crippen LogP contribution in [0.25, 0.3) is 11.1 Å². The molecule has 0 radical (unpaired) electrons. The van der Waals surface area contributed by atoms with Crippen LogP contribution >= 0.6 is 0 Å². The van der Waals surface area contributed by atoms with E-state index in [1.165, 1.54) is 83.5 Å². The first-order valence-corrected chi connectivity index (χ1v) is 12.8. The summed E-state index contributed by atoms with van der Waals surface area (Å²) in [4.78, 5) is 11.0. The van der Waals surface area contributed by atoms with E-state index >= 15 is 0 Å². The lowest BCUT2D eigenvalue weighted by Gasteiger charge is -2.08. The molecule has 0 bridgehead atoms. The highest BCUT2D eigenvalue weighted by molar-refractivity contribution is 5.88. The lowest BCUT2D eigenvalue weighted by atomic mass is 10.0. The van der Waals surface area contributed by atoms with E-state index in [0.29, 0.717) is 5.56 Å². The van der Waals surface area contributed by atoms with Crippen LogP contribution in [0, 0.1) is 0 Å². The SMILES string of the molecule is CCCCCCCCCCCCCCCCOc1ccc(-c2ccc(C(=O)O)cc2)cc1. The third kappa shape index (κ3) is 10.8. The predicted molar refractivity (Wildman–Crippen MR) is 135 cm³/mol. The number of hydrogen-bond donors (Lipinski definition) is 1. The summed E-state index contributed by atoms with van der Waals surface area (Å²) in [6, 6.07) is 15.0. The van der Waals surface area contributed by atoms with Gasteiger partial charge in [-0.05, 0) is 41.8 Å². The summed E-state index contributed by atoms with van der Waals surface area (Å²) >= 11 is 0. The van der Waals surface area contributed by atoms with Crippen molar-refractivity contribution in [3.63, 3.8) is 0 Å². The first-order chi connectivity index (χ1) is 15.7. The fourth-order valence-electron chi connectivity index (χ4n) is 4.04. The van der Waals surface area contributed by atoms with Gasteiger partial charge in [0, 0.05) is 0 Å². The van der Waals surface area contributed by atoms with E-state index in [0.717, 1.165) is 29.9 Å². The van der Waals surface area contributed by atoms with Crippen LogP contribution in [0.1, 0.15) is 107 Å². The van der Waals surface area contributed by atoms with Crippen LogP contribution in [0.3, 0.4) is 0 Å². The molecule has 0 aliphatic heterocycles. The zero-order valence-corrected chi connectivity index (χ0v) is 20.0. The maximum atomic E-state index is 11.0. The molecular weight excluding hydrogens is 396 g/mol. The summed E-state index contributed by atoms with van der Waals surface area (Å²) in [6.45, 7) is 3.05. The minimum absolute atomic E-state index is 0.307. The van der Waals surface area contributed by atoms with Gasteiger partial charge in [0.15, 0.2) is 0 Å². The van der Waals surface area contributed by atoms with Crippen LogP contribution in [0.4, 0.5) is 0 Å². The molecule has 0 aliphatic rings. The largest absolute Gasteiger partial charge is 0.494 e. The van der Waals surface area contributed by atoms with Gasteiger partial charge in [-0.15, -0.1) is 0 Å². The Labute approximate surface area is 195 Å². The van der Waals surface area contributed by atoms with Gasteiger partial charge in [0.25, 0.3) is 0 Å². The Balaban J connectivity index is 1.46. The Bertz CT molecular complexity index is 734. The molecule has 0 atom stereocenters. The molecule has 0 aromatic heterocycles. The van der Waals surface area contributed by atoms with E-state index in [4.69, 9.17) is 9.84 Å². The van der Waals surface area contributed by atoms with Crippen LogP contribution < -0.4 is 4.74 Å². The van der Waals surface area contributed by atoms with E-state index in [1.807, 2.05) is 36.4 Å². The summed E-state index contributed by atoms with van der Waals surface area (Å²) in [7, 11) is 0. The fraction of sp³-hybridized carbons (Fsp3) is 0.552. The summed E-state index contributed by atoms with van der Waals surface area (Å²) in [6.07, 6.45) is 19.1. The van der Waals surface area contributed by atoms with Crippen molar-refractivity contribution >= 4 is 5.97 Å². The molecule has 0 saturated heterocycles. The topological polar surface area (TPSA) is 46.5 Å². The molecule has 1 N–H and O–H groups in total. The first kappa shape index (κ1) is 26.0. The standard InChI is InChI=1S/C29H42O3/c1-2-3-4-5-6-7-8-9-10-11-12-13-14-15-24-32-28-22-20-26(21-23-28)25-16-18-27(19-17-25)29(30)31/h16-23H,2-15,24H2,1H3,(H,30,31). The zero-order chi connectivity index (χ0) is 22.9. The molecule has 0 spiro atoms. The number of ether oxygens (including phenoxy) is 1. The van der Waals surface area contributed by atoms with Crippen molar-refractivity contribution in [2.75, 3.05) is 6.61 Å². The average Bonchev–Trinajstić information content (AvgIpc) is 2.82. The summed E-state index contributed by atoms with van der Waals surface area (Å²) in [5.74, 6) is -0.00519. The van der Waals surface area contributed by atoms with E-state index < -0.39 is 5.97 Å². The van der Waals surface area contributed by atoms with Gasteiger partial charge in [-0.25, -0.2) is 4.79 Å². The van der Waals surface area contributed by atoms with Crippen molar-refractivity contribution in [2.45, 2.75) is 96.8 Å². The molecule has 2 aromatic carbocycles. The normalized spacial score (nSPS) is 10.9. The van der Waals surface area contributed by atoms with Crippen LogP contribution in [-0.2, 0) is 0 Å². The molecule has 0 heterocycles. The van der Waals surface area contributed by atoms with E-state index in [9.17, 15) is 4.79 Å². The molecule has 3 heteroatoms. The van der Waals surface area contributed by atoms with Crippen molar-refractivity contribution in [3.8, 4) is 16.9 Å². The predicted octanol–water partition coefficient (Wildman–Crippen LogP) is 8.91. The quantitative estimate of drug-likeness (QED) is 0.236. The van der Waals surface area contributed by atoms with Crippen molar-refractivity contribution in [2.24, 2.45) is 0 Å². The Morgan fingerprint density at radius 2 is 1.03 bits per heavy atom. The Morgan fingerprint density at radius 3 is 1.47 bits per heavy atom. The smallest absolute Gasteiger partial charge is 0.335 e. The van der Waals surface area contributed by atoms with Crippen LogP contribution in [0.5, 0.6) is 5.75 Å². The van der Waals surface area contributed by atoms with E-state index in [1.54, 1.807) is 12.1 Å². The third-order valence-electron chi connectivity index (χ3n) is 6.09. The number of aromatic carboxylic acids is 1. The molecule has 2 aromatic rings. The fourth-order valence-corrected chi connectivity index (χ4v) is 4.04. The van der Waals surface area contributed by atoms with Gasteiger partial charge in [-0.3, -0.25) is 0 Å². The van der Waals surface area contributed by atoms with Gasteiger partial charge in [0.2, 0.25) is 0 Å². The monoisotopic (exact) mass is 438 g/mol. The van der Waals surface area contributed by atoms with Crippen LogP contribution in [0.2, 0.25) is 0 Å². The number of carboxylic acids is 1. The number of rotatable bonds is 18. The Morgan fingerprint density at radius 1 is 0.625 bits per heavy atom. The van der Waals surface area contributed by atoms with E-state index in [2.05, 4.69) is 6.92 Å². The Hall–Kier alpha value is -2.29. The number of benzene rings is 2. The van der Waals surface area contributed by atoms with Gasteiger partial charge >= 0.3 is 5.97 Å². The number of carbonyl (C=O) groups is 1. The van der Waals surface area contributed by atoms with Crippen LogP contribution in [-0.4, -0.2) is 17.7 Å². The number of hydrogen-bond acceptors (Lipinski definition) is 2. The summed E-state index contributed by atoms with van der Waals surface area (Å²) in [5.41, 5.74) is 2.38. The van der Waals surface area contributed by atoms with Gasteiger partial charge in [0.05, 0.1) is 12.2 Å². The lowest BCUT2D eigenvalue weighted by Crippen LogP contribution is -1.97. The van der Waals surface area contributed by atoms with Crippen molar-refractivity contribution in [1.82, 2.24) is 0 Å². The second-order valence-electron chi connectivity index (χ2n) is 8.85. The summed E-state index contributed by atoms with van der Waals surface area (Å²) in [5, 5.41) is 9.00. The minimum Gasteiger partial charge on any atom is -0.494 e. The first-order valence-electron chi connectivity index (χ1n) is 12.8. The summed E-state index contributed by atoms with van der Waals surface area (Å²) < 4.78 is 5.88. The Kier molecular flexibility index (Phi) is 13.3. The van der Waals surface area contributed by atoms with Crippen LogP contribution in [0.15, 0.2) is 48.5 Å². The maximum Gasteiger partial charge on any atom is 0.335 e. The maximum absolute atomic E-state index is 11.0. The van der Waals surface area contributed by atoms with E-state index in [-0.39, 0.29) is 0 Å². The molecule has 176 valence electrons. The molecule has 0 unspecified atom stereocenters. The average molecular weight is 439 g/mol. The molecular formula is C29H42O3. The molecule has 3 nitrogen and oxygen atoms in total. The number of unbranched alkanes of at least 4 members (excludes halogenated alkanes) is 13. The lowest BCUT2D eigenvalue weighted by molar-refractivity contribution is 0.0697. The molecule has 0 aliphatic carbocycles. The third-order valence-corrected chi connectivity index (χ3v) is 6.09. The molecule has 0 fully saturated rings. The molecule has 32 heavy (non-hydrogen) atoms. The van der Waals surface area contributed by atoms with Crippen molar-refractivity contribution in [1.29, 1.82) is 0 Å². The zero-order valence-electron chi connectivity index (χ0n) is 20.0. The highest BCUT2D eigenvalue weighted by Gasteiger charge is 2.03. The second-order valence-corrected chi connectivity index (χ2v) is 8.85. The van der Waals surface area contributed by atoms with Gasteiger partial charge in [-0.2, -0.15) is 0 Å². The molecule has 0 saturated carbocycles. The van der Waals surface area contributed by atoms with Crippen molar-refractivity contribution < 1.29 is 14.6 Å². The molecule has 2 rings (SSSR count). The highest BCUT2D eigenvalue weighted by Crippen LogP contribution is 2.23. The van der Waals surface area contributed by atoms with Gasteiger partial charge in [0.1, 0.15) is 5.75 Å². The van der Waals surface area contributed by atoms with Gasteiger partial charge in [-0.1, -0.05) is 115 Å². The minimum atomic E-state index is -0.899. The highest BCUT2D eigenvalue weighted by atomic mass is 16.5. The number of carboxylic acid groups (broad SMARTS) is 1. The second kappa shape index (κ2) is 16.4.